The van der Waals surface area contributed by atoms with Crippen LogP contribution in [-0.4, -0.2) is 23.6 Å². The summed E-state index contributed by atoms with van der Waals surface area (Å²) in [5, 5.41) is 8.39. The number of nitrogens with zero attached hydrogens (tertiary/aromatic N) is 1. The fraction of sp³-hybridized carbons (Fsp3) is 0.381. The van der Waals surface area contributed by atoms with Gasteiger partial charge in [-0.05, 0) is 57.2 Å². The fourth-order valence-corrected chi connectivity index (χ4v) is 4.92. The van der Waals surface area contributed by atoms with E-state index in [4.69, 9.17) is 9.26 Å². The van der Waals surface area contributed by atoms with E-state index in [1.807, 2.05) is 25.1 Å². The number of rotatable bonds is 5. The van der Waals surface area contributed by atoms with Crippen molar-refractivity contribution >= 4 is 39.2 Å². The molecule has 0 saturated carbocycles. The summed E-state index contributed by atoms with van der Waals surface area (Å²) in [5.41, 5.74) is 3.89. The number of thiophene rings is 1. The highest BCUT2D eigenvalue weighted by molar-refractivity contribution is 7.17. The molecule has 0 bridgehead atoms. The molecular weight excluding hydrogens is 376 g/mol. The monoisotopic (exact) mass is 398 g/mol. The second-order valence-corrected chi connectivity index (χ2v) is 8.09. The topological polar surface area (TPSA) is 81.4 Å². The molecular formula is C21H22N2O4S. The summed E-state index contributed by atoms with van der Waals surface area (Å²) in [6.45, 7) is 4.08. The number of benzene rings is 1. The Morgan fingerprint density at radius 2 is 2.11 bits per heavy atom. The highest BCUT2D eigenvalue weighted by Gasteiger charge is 2.27. The van der Waals surface area contributed by atoms with E-state index in [0.29, 0.717) is 28.4 Å². The highest BCUT2D eigenvalue weighted by atomic mass is 32.1. The number of aromatic nitrogens is 1. The van der Waals surface area contributed by atoms with Crippen LogP contribution >= 0.6 is 11.3 Å². The lowest BCUT2D eigenvalue weighted by atomic mass is 9.95. The van der Waals surface area contributed by atoms with Crippen molar-refractivity contribution in [2.45, 2.75) is 46.0 Å². The highest BCUT2D eigenvalue weighted by Crippen LogP contribution is 2.38. The van der Waals surface area contributed by atoms with Gasteiger partial charge in [0, 0.05) is 10.3 Å². The van der Waals surface area contributed by atoms with Gasteiger partial charge in [-0.15, -0.1) is 11.3 Å². The molecule has 7 heteroatoms. The minimum Gasteiger partial charge on any atom is -0.462 e. The number of hydrogen-bond donors (Lipinski definition) is 1. The Kier molecular flexibility index (Phi) is 5.17. The van der Waals surface area contributed by atoms with Gasteiger partial charge in [-0.2, -0.15) is 0 Å². The summed E-state index contributed by atoms with van der Waals surface area (Å²) in [6, 6.07) is 5.76. The van der Waals surface area contributed by atoms with Crippen molar-refractivity contribution in [3.8, 4) is 0 Å². The van der Waals surface area contributed by atoms with E-state index in [2.05, 4.69) is 10.5 Å². The lowest BCUT2D eigenvalue weighted by molar-refractivity contribution is -0.115. The van der Waals surface area contributed by atoms with Crippen LogP contribution in [0.4, 0.5) is 5.00 Å². The summed E-state index contributed by atoms with van der Waals surface area (Å²) in [6.07, 6.45) is 4.03. The third-order valence-electron chi connectivity index (χ3n) is 4.93. The average molecular weight is 398 g/mol. The number of fused-ring (bicyclic) bond motifs is 2. The van der Waals surface area contributed by atoms with Crippen molar-refractivity contribution in [1.82, 2.24) is 5.16 Å². The number of nitrogens with one attached hydrogen (secondary N) is 1. The van der Waals surface area contributed by atoms with Crippen molar-refractivity contribution in [1.29, 1.82) is 0 Å². The van der Waals surface area contributed by atoms with Gasteiger partial charge < -0.3 is 14.6 Å². The maximum Gasteiger partial charge on any atom is 0.341 e. The largest absolute Gasteiger partial charge is 0.462 e. The molecule has 1 aliphatic rings. The van der Waals surface area contributed by atoms with Gasteiger partial charge in [0.25, 0.3) is 0 Å². The normalized spacial score (nSPS) is 13.4. The Morgan fingerprint density at radius 3 is 2.93 bits per heavy atom. The minimum atomic E-state index is -0.361. The van der Waals surface area contributed by atoms with Crippen molar-refractivity contribution < 1.29 is 18.8 Å². The summed E-state index contributed by atoms with van der Waals surface area (Å²) in [5.74, 6) is -0.583. The van der Waals surface area contributed by atoms with Crippen LogP contribution in [0.25, 0.3) is 11.0 Å². The molecule has 0 unspecified atom stereocenters. The van der Waals surface area contributed by atoms with Crippen LogP contribution in [0.1, 0.15) is 51.8 Å². The van der Waals surface area contributed by atoms with E-state index in [9.17, 15) is 9.59 Å². The number of amides is 1. The molecule has 146 valence electrons. The molecule has 1 N–H and O–H groups in total. The molecule has 0 radical (unpaired) electrons. The molecule has 1 aromatic carbocycles. The number of anilines is 1. The first-order valence-electron chi connectivity index (χ1n) is 9.53. The zero-order chi connectivity index (χ0) is 19.7. The number of esters is 1. The Labute approximate surface area is 166 Å². The van der Waals surface area contributed by atoms with Gasteiger partial charge in [0.15, 0.2) is 5.58 Å². The number of carbonyl (C=O) groups is 2. The molecule has 1 amide bonds. The summed E-state index contributed by atoms with van der Waals surface area (Å²) in [7, 11) is 0. The molecule has 1 aliphatic carbocycles. The fourth-order valence-electron chi connectivity index (χ4n) is 3.63. The van der Waals surface area contributed by atoms with E-state index in [0.717, 1.165) is 42.2 Å². The van der Waals surface area contributed by atoms with Crippen molar-refractivity contribution in [3.63, 3.8) is 0 Å². The third-order valence-corrected chi connectivity index (χ3v) is 6.14. The van der Waals surface area contributed by atoms with E-state index in [1.165, 1.54) is 16.2 Å². The van der Waals surface area contributed by atoms with Crippen molar-refractivity contribution in [3.05, 3.63) is 45.5 Å². The van der Waals surface area contributed by atoms with E-state index in [1.54, 1.807) is 6.92 Å². The Bertz CT molecular complexity index is 1050. The van der Waals surface area contributed by atoms with Crippen LogP contribution in [0.15, 0.2) is 22.7 Å². The van der Waals surface area contributed by atoms with Crippen LogP contribution in [0, 0.1) is 6.92 Å². The van der Waals surface area contributed by atoms with Crippen LogP contribution in [0.2, 0.25) is 0 Å². The zero-order valence-corrected chi connectivity index (χ0v) is 16.8. The average Bonchev–Trinajstić information content (AvgIpc) is 3.22. The summed E-state index contributed by atoms with van der Waals surface area (Å²) >= 11 is 1.49. The molecule has 2 heterocycles. The van der Waals surface area contributed by atoms with Crippen LogP contribution in [0.5, 0.6) is 0 Å². The summed E-state index contributed by atoms with van der Waals surface area (Å²) in [4.78, 5) is 26.4. The van der Waals surface area contributed by atoms with Crippen molar-refractivity contribution in [2.24, 2.45) is 0 Å². The van der Waals surface area contributed by atoms with Gasteiger partial charge in [0.1, 0.15) is 10.7 Å². The van der Waals surface area contributed by atoms with E-state index in [-0.39, 0.29) is 18.3 Å². The number of hydrogen-bond acceptors (Lipinski definition) is 6. The lowest BCUT2D eigenvalue weighted by Gasteiger charge is -2.12. The molecule has 3 aromatic rings. The molecule has 0 fully saturated rings. The van der Waals surface area contributed by atoms with Gasteiger partial charge in [-0.3, -0.25) is 4.79 Å². The van der Waals surface area contributed by atoms with Gasteiger partial charge in [-0.25, -0.2) is 4.79 Å². The molecule has 4 rings (SSSR count). The Hall–Kier alpha value is -2.67. The summed E-state index contributed by atoms with van der Waals surface area (Å²) < 4.78 is 10.6. The van der Waals surface area contributed by atoms with E-state index < -0.39 is 0 Å². The quantitative estimate of drug-likeness (QED) is 0.643. The van der Waals surface area contributed by atoms with Gasteiger partial charge in [0.2, 0.25) is 5.91 Å². The second-order valence-electron chi connectivity index (χ2n) is 6.99. The van der Waals surface area contributed by atoms with E-state index >= 15 is 0 Å². The first kappa shape index (κ1) is 18.7. The molecule has 0 atom stereocenters. The van der Waals surface area contributed by atoms with Gasteiger partial charge >= 0.3 is 5.97 Å². The first-order valence-corrected chi connectivity index (χ1v) is 10.3. The van der Waals surface area contributed by atoms with Gasteiger partial charge in [0.05, 0.1) is 18.6 Å². The maximum absolute atomic E-state index is 12.7. The predicted octanol–water partition coefficient (Wildman–Crippen LogP) is 4.43. The lowest BCUT2D eigenvalue weighted by Crippen LogP contribution is -2.17. The second kappa shape index (κ2) is 7.75. The van der Waals surface area contributed by atoms with Crippen molar-refractivity contribution in [2.75, 3.05) is 11.9 Å². The smallest absolute Gasteiger partial charge is 0.341 e. The third kappa shape index (κ3) is 3.54. The maximum atomic E-state index is 12.7. The standard InChI is InChI=1S/C21H22N2O4S/c1-3-26-21(25)19-13-6-4-5-7-17(13)28-20(19)22-18(24)11-15-14-10-12(2)8-9-16(14)27-23-15/h8-10H,3-7,11H2,1-2H3,(H,22,24). The first-order chi connectivity index (χ1) is 13.6. The number of aryl methyl sites for hydroxylation is 2. The van der Waals surface area contributed by atoms with Crippen LogP contribution in [0.3, 0.4) is 0 Å². The SMILES string of the molecule is CCOC(=O)c1c(NC(=O)Cc2noc3ccc(C)cc23)sc2c1CCCC2. The Morgan fingerprint density at radius 1 is 1.29 bits per heavy atom. The minimum absolute atomic E-state index is 0.0846. The van der Waals surface area contributed by atoms with Crippen LogP contribution < -0.4 is 5.32 Å². The Balaban J connectivity index is 1.59. The number of carbonyl (C=O) groups excluding carboxylic acids is 2. The molecule has 0 aliphatic heterocycles. The van der Waals surface area contributed by atoms with Crippen LogP contribution in [-0.2, 0) is 28.8 Å². The molecule has 0 spiro atoms. The number of ether oxygens (including phenoxy) is 1. The molecule has 0 saturated heterocycles. The molecule has 6 nitrogen and oxygen atoms in total. The molecule has 2 aromatic heterocycles. The predicted molar refractivity (Wildman–Crippen MR) is 108 cm³/mol. The van der Waals surface area contributed by atoms with Gasteiger partial charge in [-0.1, -0.05) is 16.8 Å². The zero-order valence-electron chi connectivity index (χ0n) is 16.0. The molecule has 28 heavy (non-hydrogen) atoms.